The summed E-state index contributed by atoms with van der Waals surface area (Å²) < 4.78 is 24.3. The van der Waals surface area contributed by atoms with Gasteiger partial charge in [-0.25, -0.2) is 8.42 Å². The lowest BCUT2D eigenvalue weighted by Crippen LogP contribution is -2.42. The molecule has 0 aliphatic carbocycles. The van der Waals surface area contributed by atoms with Crippen LogP contribution < -0.4 is 0 Å². The van der Waals surface area contributed by atoms with Crippen molar-refractivity contribution >= 4 is 10.0 Å². The first-order valence-corrected chi connectivity index (χ1v) is 5.94. The zero-order chi connectivity index (χ0) is 9.90. The van der Waals surface area contributed by atoms with Crippen molar-refractivity contribution in [1.29, 1.82) is 0 Å². The molecule has 1 rings (SSSR count). The molecule has 0 unspecified atom stereocenters. The van der Waals surface area contributed by atoms with Gasteiger partial charge in [0.15, 0.2) is 0 Å². The lowest BCUT2D eigenvalue weighted by Gasteiger charge is -2.28. The fourth-order valence-electron chi connectivity index (χ4n) is 1.43. The summed E-state index contributed by atoms with van der Waals surface area (Å²) >= 11 is 0. The molecule has 76 valence electrons. The third-order valence-corrected chi connectivity index (χ3v) is 3.86. The second kappa shape index (κ2) is 4.21. The molecule has 5 heteroatoms. The molecule has 13 heavy (non-hydrogen) atoms. The summed E-state index contributed by atoms with van der Waals surface area (Å²) in [5, 5.41) is 9.28. The van der Waals surface area contributed by atoms with E-state index in [9.17, 15) is 13.5 Å². The van der Waals surface area contributed by atoms with Gasteiger partial charge in [-0.2, -0.15) is 4.31 Å². The van der Waals surface area contributed by atoms with Crippen LogP contribution in [0.15, 0.2) is 12.7 Å². The number of piperidine rings is 1. The summed E-state index contributed by atoms with van der Waals surface area (Å²) in [6.07, 6.45) is 2.29. The van der Waals surface area contributed by atoms with E-state index in [1.807, 2.05) is 0 Å². The van der Waals surface area contributed by atoms with Gasteiger partial charge in [0.05, 0.1) is 11.9 Å². The van der Waals surface area contributed by atoms with Crippen molar-refractivity contribution in [2.24, 2.45) is 0 Å². The van der Waals surface area contributed by atoms with E-state index >= 15 is 0 Å². The Hall–Kier alpha value is -0.390. The van der Waals surface area contributed by atoms with Crippen molar-refractivity contribution in [1.82, 2.24) is 4.31 Å². The van der Waals surface area contributed by atoms with Crippen LogP contribution in [0, 0.1) is 0 Å². The quantitative estimate of drug-likeness (QED) is 0.658. The number of aliphatic hydroxyl groups is 1. The molecule has 0 aromatic carbocycles. The molecule has 0 aromatic rings. The van der Waals surface area contributed by atoms with Crippen molar-refractivity contribution in [3.8, 4) is 0 Å². The highest BCUT2D eigenvalue weighted by atomic mass is 32.2. The molecule has 1 atom stereocenters. The van der Waals surface area contributed by atoms with Crippen molar-refractivity contribution < 1.29 is 13.5 Å². The topological polar surface area (TPSA) is 57.6 Å². The number of rotatable bonds is 3. The summed E-state index contributed by atoms with van der Waals surface area (Å²) in [6.45, 7) is 4.14. The molecule has 0 spiro atoms. The highest BCUT2D eigenvalue weighted by molar-refractivity contribution is 7.89. The smallest absolute Gasteiger partial charge is 0.217 e. The van der Waals surface area contributed by atoms with Gasteiger partial charge in [-0.3, -0.25) is 0 Å². The minimum absolute atomic E-state index is 0.0419. The Morgan fingerprint density at radius 2 is 2.31 bits per heavy atom. The Morgan fingerprint density at radius 1 is 1.62 bits per heavy atom. The second-order valence-corrected chi connectivity index (χ2v) is 5.23. The standard InChI is InChI=1S/C8H15NO3S/c1-2-6-13(11,12)9-5-3-4-8(10)7-9/h2,8,10H,1,3-7H2/t8-/m0/s1. The van der Waals surface area contributed by atoms with Gasteiger partial charge in [0, 0.05) is 13.1 Å². The summed E-state index contributed by atoms with van der Waals surface area (Å²) in [5.41, 5.74) is 0. The monoisotopic (exact) mass is 205 g/mol. The van der Waals surface area contributed by atoms with Crippen LogP contribution in [0.1, 0.15) is 12.8 Å². The molecule has 1 aliphatic rings. The number of β-amino-alcohol motifs (C(OH)–C–C–N with tert-alkyl or cyclic N) is 1. The number of aliphatic hydroxyl groups excluding tert-OH is 1. The predicted octanol–water partition coefficient (Wildman–Crippen LogP) is -0.0411. The normalized spacial score (nSPS) is 25.8. The molecule has 1 aliphatic heterocycles. The Bertz CT molecular complexity index is 273. The number of hydrogen-bond donors (Lipinski definition) is 1. The zero-order valence-corrected chi connectivity index (χ0v) is 8.33. The Labute approximate surface area is 78.9 Å². The second-order valence-electron chi connectivity index (χ2n) is 3.22. The molecule has 0 bridgehead atoms. The Kier molecular flexibility index (Phi) is 3.47. The SMILES string of the molecule is C=CCS(=O)(=O)N1CCC[C@H](O)C1. The van der Waals surface area contributed by atoms with Gasteiger partial charge in [0.2, 0.25) is 10.0 Å². The summed E-state index contributed by atoms with van der Waals surface area (Å²) in [6, 6.07) is 0. The van der Waals surface area contributed by atoms with E-state index in [0.29, 0.717) is 13.0 Å². The maximum absolute atomic E-state index is 11.5. The largest absolute Gasteiger partial charge is 0.392 e. The summed E-state index contributed by atoms with van der Waals surface area (Å²) in [4.78, 5) is 0. The Morgan fingerprint density at radius 3 is 2.85 bits per heavy atom. The molecular weight excluding hydrogens is 190 g/mol. The molecule has 1 heterocycles. The third kappa shape index (κ3) is 2.79. The van der Waals surface area contributed by atoms with Gasteiger partial charge in [-0.15, -0.1) is 6.58 Å². The van der Waals surface area contributed by atoms with E-state index in [1.165, 1.54) is 10.4 Å². The van der Waals surface area contributed by atoms with Crippen LogP contribution in [-0.4, -0.2) is 42.8 Å². The molecule has 4 nitrogen and oxygen atoms in total. The van der Waals surface area contributed by atoms with Gasteiger partial charge in [0.25, 0.3) is 0 Å². The van der Waals surface area contributed by atoms with Crippen molar-refractivity contribution in [3.05, 3.63) is 12.7 Å². The van der Waals surface area contributed by atoms with Crippen LogP contribution in [0.25, 0.3) is 0 Å². The predicted molar refractivity (Wildman–Crippen MR) is 50.8 cm³/mol. The van der Waals surface area contributed by atoms with Crippen LogP contribution in [0.2, 0.25) is 0 Å². The highest BCUT2D eigenvalue weighted by Crippen LogP contribution is 2.13. The van der Waals surface area contributed by atoms with E-state index in [4.69, 9.17) is 0 Å². The van der Waals surface area contributed by atoms with Crippen LogP contribution >= 0.6 is 0 Å². The first kappa shape index (κ1) is 10.7. The number of sulfonamides is 1. The lowest BCUT2D eigenvalue weighted by molar-refractivity contribution is 0.108. The van der Waals surface area contributed by atoms with E-state index in [0.717, 1.165) is 6.42 Å². The average Bonchev–Trinajstić information content (AvgIpc) is 2.04. The highest BCUT2D eigenvalue weighted by Gasteiger charge is 2.26. The van der Waals surface area contributed by atoms with Crippen LogP contribution in [0.4, 0.5) is 0 Å². The number of hydrogen-bond acceptors (Lipinski definition) is 3. The van der Waals surface area contributed by atoms with Crippen molar-refractivity contribution in [2.75, 3.05) is 18.8 Å². The lowest BCUT2D eigenvalue weighted by atomic mass is 10.1. The van der Waals surface area contributed by atoms with Crippen molar-refractivity contribution in [3.63, 3.8) is 0 Å². The maximum Gasteiger partial charge on any atom is 0.217 e. The molecule has 0 radical (unpaired) electrons. The first-order chi connectivity index (χ1) is 6.06. The minimum Gasteiger partial charge on any atom is -0.392 e. The maximum atomic E-state index is 11.5. The fraction of sp³-hybridized carbons (Fsp3) is 0.750. The van der Waals surface area contributed by atoms with E-state index in [-0.39, 0.29) is 12.3 Å². The van der Waals surface area contributed by atoms with Gasteiger partial charge in [-0.1, -0.05) is 6.08 Å². The van der Waals surface area contributed by atoms with E-state index < -0.39 is 16.1 Å². The first-order valence-electron chi connectivity index (χ1n) is 4.33. The van der Waals surface area contributed by atoms with Crippen LogP contribution in [0.3, 0.4) is 0 Å². The van der Waals surface area contributed by atoms with E-state index in [1.54, 1.807) is 0 Å². The fourth-order valence-corrected chi connectivity index (χ4v) is 2.74. The van der Waals surface area contributed by atoms with Gasteiger partial charge >= 0.3 is 0 Å². The number of nitrogens with zero attached hydrogens (tertiary/aromatic N) is 1. The third-order valence-electron chi connectivity index (χ3n) is 2.08. The summed E-state index contributed by atoms with van der Waals surface area (Å²) in [5.74, 6) is -0.0419. The molecule has 0 aromatic heterocycles. The average molecular weight is 205 g/mol. The van der Waals surface area contributed by atoms with Gasteiger partial charge < -0.3 is 5.11 Å². The van der Waals surface area contributed by atoms with Crippen molar-refractivity contribution in [2.45, 2.75) is 18.9 Å². The summed E-state index contributed by atoms with van der Waals surface area (Å²) in [7, 11) is -3.21. The van der Waals surface area contributed by atoms with Crippen LogP contribution in [-0.2, 0) is 10.0 Å². The van der Waals surface area contributed by atoms with Crippen LogP contribution in [0.5, 0.6) is 0 Å². The molecule has 1 fully saturated rings. The minimum atomic E-state index is -3.21. The van der Waals surface area contributed by atoms with Gasteiger partial charge in [0.1, 0.15) is 0 Å². The molecule has 1 saturated heterocycles. The van der Waals surface area contributed by atoms with E-state index in [2.05, 4.69) is 6.58 Å². The zero-order valence-electron chi connectivity index (χ0n) is 7.52. The molecule has 0 saturated carbocycles. The molecule has 0 amide bonds. The Balaban J connectivity index is 2.65. The molecule has 1 N–H and O–H groups in total. The molecular formula is C8H15NO3S. The van der Waals surface area contributed by atoms with Gasteiger partial charge in [-0.05, 0) is 12.8 Å².